The van der Waals surface area contributed by atoms with Gasteiger partial charge in [0, 0.05) is 0 Å². The van der Waals surface area contributed by atoms with E-state index in [1.54, 1.807) is 12.1 Å². The number of fused-ring (bicyclic) bond motifs is 2. The number of benzene rings is 1. The van der Waals surface area contributed by atoms with E-state index in [4.69, 9.17) is 5.11 Å². The summed E-state index contributed by atoms with van der Waals surface area (Å²) >= 11 is 0. The summed E-state index contributed by atoms with van der Waals surface area (Å²) in [5.74, 6) is -0.0618. The Kier molecular flexibility index (Phi) is 7.10. The molecule has 1 aromatic rings. The number of aromatic nitrogens is 4. The molecule has 2 aliphatic heterocycles. The molecule has 5 N–H and O–H groups in total. The second-order valence-corrected chi connectivity index (χ2v) is 6.39. The Morgan fingerprint density at radius 1 is 1.14 bits per heavy atom. The van der Waals surface area contributed by atoms with Crippen LogP contribution in [-0.2, 0) is 6.54 Å². The Morgan fingerprint density at radius 2 is 1.79 bits per heavy atom. The molecule has 0 unspecified atom stereocenters. The first-order chi connectivity index (χ1) is 12.7. The molecule has 0 aliphatic carbocycles. The Bertz CT molecular complexity index is 1080. The normalized spacial score (nSPS) is 14.6. The summed E-state index contributed by atoms with van der Waals surface area (Å²) in [5, 5.41) is 38.6. The number of nitrogens with zero attached hydrogens (tertiary/aromatic N) is 3. The Morgan fingerprint density at radius 3 is 2.43 bits per heavy atom. The molecule has 0 saturated carbocycles. The molecule has 1 aromatic carbocycles. The van der Waals surface area contributed by atoms with E-state index in [2.05, 4.69) is 9.97 Å². The minimum Gasteiger partial charge on any atom is -0.563 e. The molecule has 0 saturated heterocycles. The van der Waals surface area contributed by atoms with Crippen molar-refractivity contribution in [1.29, 1.82) is 0 Å². The minimum absolute atomic E-state index is 0. The van der Waals surface area contributed by atoms with E-state index >= 15 is 0 Å². The van der Waals surface area contributed by atoms with Gasteiger partial charge in [-0.05, 0) is 43.2 Å². The molecule has 2 heterocycles. The van der Waals surface area contributed by atoms with Crippen LogP contribution in [0.4, 0.5) is 0 Å². The van der Waals surface area contributed by atoms with Gasteiger partial charge in [0.05, 0.1) is 29.8 Å². The maximum Gasteiger partial charge on any atom is 1.00 e. The summed E-state index contributed by atoms with van der Waals surface area (Å²) in [4.78, 5) is 34.0. The van der Waals surface area contributed by atoms with Gasteiger partial charge >= 0.3 is 35.2 Å². The summed E-state index contributed by atoms with van der Waals surface area (Å²) in [5.41, 5.74) is 1.06. The van der Waals surface area contributed by atoms with Gasteiger partial charge in [0.1, 0.15) is 0 Å². The summed E-state index contributed by atoms with van der Waals surface area (Å²) in [6, 6.07) is 3.52. The number of hydrogen-bond donors (Lipinski definition) is 5. The fourth-order valence-corrected chi connectivity index (χ4v) is 2.85. The number of H-pyrrole nitrogens is 1. The van der Waals surface area contributed by atoms with Gasteiger partial charge in [-0.15, -0.1) is 0 Å². The quantitative estimate of drug-likeness (QED) is 0.164. The molecule has 10 nitrogen and oxygen atoms in total. The van der Waals surface area contributed by atoms with Gasteiger partial charge < -0.3 is 25.0 Å². The van der Waals surface area contributed by atoms with Gasteiger partial charge in [-0.25, -0.2) is 9.78 Å². The summed E-state index contributed by atoms with van der Waals surface area (Å²) in [6.45, 7) is 3.79. The maximum absolute atomic E-state index is 12.2. The Balaban J connectivity index is 0.00000280. The molecule has 0 radical (unpaired) electrons. The number of rotatable bonds is 5. The number of aliphatic hydroxyl groups is 4. The zero-order valence-electron chi connectivity index (χ0n) is 15.6. The van der Waals surface area contributed by atoms with Crippen LogP contribution in [0.15, 0.2) is 21.7 Å². The van der Waals surface area contributed by atoms with Crippen LogP contribution in [0.1, 0.15) is 11.1 Å². The monoisotopic (exact) mass is 398 g/mol. The van der Waals surface area contributed by atoms with Crippen molar-refractivity contribution in [3.63, 3.8) is 0 Å². The van der Waals surface area contributed by atoms with Crippen molar-refractivity contribution in [3.8, 4) is 11.5 Å². The van der Waals surface area contributed by atoms with Crippen LogP contribution < -0.4 is 40.8 Å². The standard InChI is InChI=1S/C17H19N4O6.Na/c1-7-3-9-10(4-8(7)2)21(5-11(23)14(25)12(24)6-22)15-13(18-9)16(26)20-17(27)19-15;/h3-4,6,11-12,14,22-25H,5H2,1-2H3,(H,20,26,27);/q-1;+1/t11-,12+,14-;/m1./s1. The van der Waals surface area contributed by atoms with Gasteiger partial charge in [0.15, 0.2) is 11.5 Å². The van der Waals surface area contributed by atoms with Crippen LogP contribution in [0.25, 0.3) is 22.6 Å². The van der Waals surface area contributed by atoms with E-state index in [1.165, 1.54) is 4.57 Å². The first-order valence-electron chi connectivity index (χ1n) is 8.16. The third kappa shape index (κ3) is 4.18. The van der Waals surface area contributed by atoms with Crippen molar-refractivity contribution in [2.24, 2.45) is 0 Å². The topological polar surface area (TPSA) is 162 Å². The second kappa shape index (κ2) is 8.78. The molecule has 144 valence electrons. The molecule has 0 spiro atoms. The van der Waals surface area contributed by atoms with Gasteiger partial charge in [-0.3, -0.25) is 9.78 Å². The Labute approximate surface area is 181 Å². The van der Waals surface area contributed by atoms with Crippen LogP contribution in [0, 0.1) is 20.5 Å². The molecular weight excluding hydrogens is 379 g/mol. The number of aliphatic hydroxyl groups excluding tert-OH is 4. The van der Waals surface area contributed by atoms with E-state index in [9.17, 15) is 24.9 Å². The summed E-state index contributed by atoms with van der Waals surface area (Å²) in [6.07, 6.45) is -4.89. The van der Waals surface area contributed by atoms with Gasteiger partial charge in [-0.1, -0.05) is 0 Å². The van der Waals surface area contributed by atoms with Crippen LogP contribution in [0.2, 0.25) is 0 Å². The molecule has 0 fully saturated rings. The molecule has 28 heavy (non-hydrogen) atoms. The van der Waals surface area contributed by atoms with E-state index in [-0.39, 0.29) is 47.6 Å². The predicted molar refractivity (Wildman–Crippen MR) is 94.8 cm³/mol. The molecule has 3 rings (SSSR count). The van der Waals surface area contributed by atoms with Crippen molar-refractivity contribution in [2.45, 2.75) is 38.7 Å². The Hall–Kier alpha value is -1.66. The van der Waals surface area contributed by atoms with Crippen LogP contribution in [0.3, 0.4) is 0 Å². The van der Waals surface area contributed by atoms with Gasteiger partial charge in [0.2, 0.25) is 0 Å². The zero-order valence-corrected chi connectivity index (χ0v) is 17.6. The number of hydrogen-bond acceptors (Lipinski definition) is 8. The summed E-state index contributed by atoms with van der Waals surface area (Å²) in [7, 11) is 0. The molecule has 11 heteroatoms. The fraction of sp³-hybridized carbons (Fsp3) is 0.353. The zero-order chi connectivity index (χ0) is 19.9. The van der Waals surface area contributed by atoms with Crippen LogP contribution >= 0.6 is 0 Å². The second-order valence-electron chi connectivity index (χ2n) is 6.39. The van der Waals surface area contributed by atoms with E-state index in [0.717, 1.165) is 11.1 Å². The smallest absolute Gasteiger partial charge is 0.563 e. The van der Waals surface area contributed by atoms with E-state index < -0.39 is 29.6 Å². The molecule has 3 atom stereocenters. The van der Waals surface area contributed by atoms with Crippen LogP contribution in [-0.4, -0.2) is 58.3 Å². The maximum atomic E-state index is 12.2. The first-order valence-corrected chi connectivity index (χ1v) is 8.16. The molecule has 2 aliphatic rings. The predicted octanol–water partition coefficient (Wildman–Crippen LogP) is -4.18. The summed E-state index contributed by atoms with van der Waals surface area (Å²) < 4.78 is 1.39. The number of aromatic amines is 1. The van der Waals surface area contributed by atoms with E-state index in [1.807, 2.05) is 18.8 Å². The molecule has 0 amide bonds. The van der Waals surface area contributed by atoms with Crippen molar-refractivity contribution >= 4 is 11.0 Å². The van der Waals surface area contributed by atoms with Crippen LogP contribution in [0.5, 0.6) is 0 Å². The average Bonchev–Trinajstić information content (AvgIpc) is 2.62. The first kappa shape index (κ1) is 22.6. The minimum atomic E-state index is -1.69. The number of nitrogens with one attached hydrogen (secondary N) is 1. The van der Waals surface area contributed by atoms with Gasteiger partial charge in [0.25, 0.3) is 5.56 Å². The van der Waals surface area contributed by atoms with E-state index in [0.29, 0.717) is 17.6 Å². The van der Waals surface area contributed by atoms with Gasteiger partial charge in [-0.2, -0.15) is 11.6 Å². The van der Waals surface area contributed by atoms with Crippen molar-refractivity contribution in [2.75, 3.05) is 0 Å². The van der Waals surface area contributed by atoms with Crippen molar-refractivity contribution in [1.82, 2.24) is 19.5 Å². The fourth-order valence-electron chi connectivity index (χ4n) is 2.85. The number of aryl methyl sites for hydroxylation is 2. The molecule has 0 aromatic heterocycles. The SMILES string of the molecule is Cc1cc2nc3c(=O)[nH]c(=O)nc-3n(C[C@@H](O)[C@@H](O)[C@@H](O)[CH-]O)c2cc1C.[Na+]. The third-order valence-corrected chi connectivity index (χ3v) is 4.49. The van der Waals surface area contributed by atoms with Crippen molar-refractivity contribution in [3.05, 3.63) is 50.7 Å². The van der Waals surface area contributed by atoms with Crippen molar-refractivity contribution < 1.29 is 50.0 Å². The largest absolute Gasteiger partial charge is 1.00 e. The molecule has 0 bridgehead atoms. The average molecular weight is 398 g/mol. The molecular formula is C17H19N4NaO6. The third-order valence-electron chi connectivity index (χ3n) is 4.49.